The Balaban J connectivity index is 2.08. The lowest BCUT2D eigenvalue weighted by Crippen LogP contribution is -1.99. The molecule has 0 saturated carbocycles. The number of hydrogen-bond acceptors (Lipinski definition) is 2. The summed E-state index contributed by atoms with van der Waals surface area (Å²) in [7, 11) is 0. The summed E-state index contributed by atoms with van der Waals surface area (Å²) in [6.07, 6.45) is 3.99. The van der Waals surface area contributed by atoms with Gasteiger partial charge in [-0.1, -0.05) is 57.9 Å². The Kier molecular flexibility index (Phi) is 3.91. The van der Waals surface area contributed by atoms with Crippen molar-refractivity contribution in [3.63, 3.8) is 0 Å². The van der Waals surface area contributed by atoms with Gasteiger partial charge in [-0.2, -0.15) is 0 Å². The fraction of sp³-hybridized carbons (Fsp3) is 0.167. The number of benzene rings is 1. The van der Waals surface area contributed by atoms with Crippen molar-refractivity contribution in [1.82, 2.24) is 9.97 Å². The third-order valence-electron chi connectivity index (χ3n) is 2.20. The minimum absolute atomic E-state index is 0.231. The van der Waals surface area contributed by atoms with Gasteiger partial charge < -0.3 is 0 Å². The topological polar surface area (TPSA) is 25.8 Å². The standard InChI is InChI=1S/C12H10BrClN2/c13-11(9-4-2-1-3-5-9)6-12-15-7-10(14)8-16-12/h1-5,7-8,11H,6H2. The molecule has 16 heavy (non-hydrogen) atoms. The van der Waals surface area contributed by atoms with Crippen molar-refractivity contribution in [1.29, 1.82) is 0 Å². The zero-order chi connectivity index (χ0) is 11.4. The van der Waals surface area contributed by atoms with Gasteiger partial charge in [0.1, 0.15) is 5.82 Å². The molecule has 0 bridgehead atoms. The Labute approximate surface area is 108 Å². The van der Waals surface area contributed by atoms with Crippen LogP contribution in [0.4, 0.5) is 0 Å². The smallest absolute Gasteiger partial charge is 0.129 e. The van der Waals surface area contributed by atoms with Crippen LogP contribution in [0.3, 0.4) is 0 Å². The lowest BCUT2D eigenvalue weighted by Gasteiger charge is -2.08. The van der Waals surface area contributed by atoms with Crippen LogP contribution in [0.2, 0.25) is 5.02 Å². The summed E-state index contributed by atoms with van der Waals surface area (Å²) in [6, 6.07) is 10.2. The lowest BCUT2D eigenvalue weighted by atomic mass is 10.1. The first-order chi connectivity index (χ1) is 7.75. The highest BCUT2D eigenvalue weighted by atomic mass is 79.9. The van der Waals surface area contributed by atoms with Gasteiger partial charge in [0.2, 0.25) is 0 Å². The second kappa shape index (κ2) is 5.41. The highest BCUT2D eigenvalue weighted by molar-refractivity contribution is 9.09. The molecule has 0 radical (unpaired) electrons. The van der Waals surface area contributed by atoms with Gasteiger partial charge in [-0.3, -0.25) is 0 Å². The number of nitrogens with zero attached hydrogens (tertiary/aromatic N) is 2. The van der Waals surface area contributed by atoms with Crippen molar-refractivity contribution in [3.8, 4) is 0 Å². The minimum atomic E-state index is 0.231. The predicted octanol–water partition coefficient (Wildman–Crippen LogP) is 3.81. The summed E-state index contributed by atoms with van der Waals surface area (Å²) in [6.45, 7) is 0. The van der Waals surface area contributed by atoms with Crippen molar-refractivity contribution in [3.05, 3.63) is 59.1 Å². The van der Waals surface area contributed by atoms with E-state index in [4.69, 9.17) is 11.6 Å². The van der Waals surface area contributed by atoms with E-state index in [0.29, 0.717) is 5.02 Å². The summed E-state index contributed by atoms with van der Waals surface area (Å²) in [4.78, 5) is 8.57. The van der Waals surface area contributed by atoms with Crippen LogP contribution in [-0.2, 0) is 6.42 Å². The molecule has 2 rings (SSSR count). The maximum atomic E-state index is 5.73. The van der Waals surface area contributed by atoms with Crippen LogP contribution >= 0.6 is 27.5 Å². The van der Waals surface area contributed by atoms with Crippen LogP contribution < -0.4 is 0 Å². The number of hydrogen-bond donors (Lipinski definition) is 0. The molecular formula is C12H10BrClN2. The molecule has 1 aromatic heterocycles. The van der Waals surface area contributed by atoms with Crippen LogP contribution in [0.15, 0.2) is 42.7 Å². The zero-order valence-electron chi connectivity index (χ0n) is 8.48. The average Bonchev–Trinajstić information content (AvgIpc) is 2.33. The first-order valence-corrected chi connectivity index (χ1v) is 6.20. The predicted molar refractivity (Wildman–Crippen MR) is 68.9 cm³/mol. The van der Waals surface area contributed by atoms with Crippen molar-refractivity contribution in [2.24, 2.45) is 0 Å². The van der Waals surface area contributed by atoms with E-state index in [1.54, 1.807) is 12.4 Å². The second-order valence-electron chi connectivity index (χ2n) is 3.40. The maximum absolute atomic E-state index is 5.73. The second-order valence-corrected chi connectivity index (χ2v) is 4.94. The molecule has 0 fully saturated rings. The van der Waals surface area contributed by atoms with Crippen LogP contribution in [0, 0.1) is 0 Å². The third-order valence-corrected chi connectivity index (χ3v) is 3.24. The lowest BCUT2D eigenvalue weighted by molar-refractivity contribution is 0.851. The van der Waals surface area contributed by atoms with E-state index in [1.165, 1.54) is 5.56 Å². The van der Waals surface area contributed by atoms with Gasteiger partial charge >= 0.3 is 0 Å². The van der Waals surface area contributed by atoms with Gasteiger partial charge in [0.05, 0.1) is 5.02 Å². The first kappa shape index (κ1) is 11.6. The first-order valence-electron chi connectivity index (χ1n) is 4.91. The fourth-order valence-corrected chi connectivity index (χ4v) is 2.08. The van der Waals surface area contributed by atoms with Crippen molar-refractivity contribution >= 4 is 27.5 Å². The average molecular weight is 298 g/mol. The maximum Gasteiger partial charge on any atom is 0.129 e. The summed E-state index contributed by atoms with van der Waals surface area (Å²) in [5.41, 5.74) is 1.22. The third kappa shape index (κ3) is 3.03. The number of halogens is 2. The van der Waals surface area contributed by atoms with E-state index in [0.717, 1.165) is 12.2 Å². The molecule has 0 aliphatic heterocycles. The molecule has 4 heteroatoms. The molecule has 0 amide bonds. The van der Waals surface area contributed by atoms with Crippen LogP contribution in [-0.4, -0.2) is 9.97 Å². The van der Waals surface area contributed by atoms with Gasteiger partial charge in [-0.25, -0.2) is 9.97 Å². The fourth-order valence-electron chi connectivity index (χ4n) is 1.38. The summed E-state index contributed by atoms with van der Waals surface area (Å²) < 4.78 is 0. The number of rotatable bonds is 3. The SMILES string of the molecule is Clc1cnc(CC(Br)c2ccccc2)nc1. The van der Waals surface area contributed by atoms with Crippen molar-refractivity contribution in [2.45, 2.75) is 11.2 Å². The highest BCUT2D eigenvalue weighted by Crippen LogP contribution is 2.25. The molecule has 0 aliphatic carbocycles. The monoisotopic (exact) mass is 296 g/mol. The summed E-state index contributed by atoms with van der Waals surface area (Å²) >= 11 is 9.36. The van der Waals surface area contributed by atoms with Crippen molar-refractivity contribution in [2.75, 3.05) is 0 Å². The van der Waals surface area contributed by atoms with Crippen LogP contribution in [0.25, 0.3) is 0 Å². The van der Waals surface area contributed by atoms with Gasteiger partial charge in [-0.15, -0.1) is 0 Å². The number of aromatic nitrogens is 2. The number of alkyl halides is 1. The van der Waals surface area contributed by atoms with Gasteiger partial charge in [0, 0.05) is 23.6 Å². The van der Waals surface area contributed by atoms with E-state index in [1.807, 2.05) is 18.2 Å². The molecule has 82 valence electrons. The Morgan fingerprint density at radius 3 is 2.38 bits per heavy atom. The Morgan fingerprint density at radius 1 is 1.12 bits per heavy atom. The van der Waals surface area contributed by atoms with Crippen molar-refractivity contribution < 1.29 is 0 Å². The molecule has 0 spiro atoms. The van der Waals surface area contributed by atoms with Crippen LogP contribution in [0.5, 0.6) is 0 Å². The van der Waals surface area contributed by atoms with Gasteiger partial charge in [0.25, 0.3) is 0 Å². The molecule has 0 saturated heterocycles. The molecule has 1 atom stereocenters. The molecule has 1 aromatic carbocycles. The molecule has 2 nitrogen and oxygen atoms in total. The van der Waals surface area contributed by atoms with E-state index >= 15 is 0 Å². The molecule has 0 aliphatic rings. The van der Waals surface area contributed by atoms with Gasteiger partial charge in [0.15, 0.2) is 0 Å². The van der Waals surface area contributed by atoms with E-state index in [9.17, 15) is 0 Å². The summed E-state index contributed by atoms with van der Waals surface area (Å²) in [5.74, 6) is 0.787. The molecular weight excluding hydrogens is 288 g/mol. The zero-order valence-corrected chi connectivity index (χ0v) is 10.8. The Morgan fingerprint density at radius 2 is 1.75 bits per heavy atom. The Hall–Kier alpha value is -0.930. The summed E-state index contributed by atoms with van der Waals surface area (Å²) in [5, 5.41) is 0.564. The van der Waals surface area contributed by atoms with E-state index in [2.05, 4.69) is 38.0 Å². The van der Waals surface area contributed by atoms with E-state index in [-0.39, 0.29) is 4.83 Å². The Bertz CT molecular complexity index is 444. The largest absolute Gasteiger partial charge is 0.240 e. The molecule has 0 N–H and O–H groups in total. The molecule has 1 unspecified atom stereocenters. The highest BCUT2D eigenvalue weighted by Gasteiger charge is 2.09. The quantitative estimate of drug-likeness (QED) is 0.805. The van der Waals surface area contributed by atoms with Gasteiger partial charge in [-0.05, 0) is 5.56 Å². The van der Waals surface area contributed by atoms with Crippen LogP contribution in [0.1, 0.15) is 16.2 Å². The molecule has 2 aromatic rings. The van der Waals surface area contributed by atoms with E-state index < -0.39 is 0 Å². The normalized spacial score (nSPS) is 12.4. The molecule has 1 heterocycles. The minimum Gasteiger partial charge on any atom is -0.240 e.